The molecule has 1 N–H and O–H groups in total. The Labute approximate surface area is 129 Å². The third kappa shape index (κ3) is 3.52. The van der Waals surface area contributed by atoms with Crippen LogP contribution in [0.2, 0.25) is 0 Å². The molecule has 0 saturated carbocycles. The fraction of sp³-hybridized carbons (Fsp3) is 0.294. The molecule has 21 heavy (non-hydrogen) atoms. The number of fused-ring (bicyclic) bond motifs is 1. The smallest absolute Gasteiger partial charge is 0.162 e. The fourth-order valence-corrected chi connectivity index (χ4v) is 3.40. The van der Waals surface area contributed by atoms with Crippen molar-refractivity contribution in [2.75, 3.05) is 26.0 Å². The van der Waals surface area contributed by atoms with Gasteiger partial charge in [0.25, 0.3) is 0 Å². The number of rotatable bonds is 5. The van der Waals surface area contributed by atoms with Gasteiger partial charge in [0, 0.05) is 16.7 Å². The summed E-state index contributed by atoms with van der Waals surface area (Å²) < 4.78 is 11.2. The summed E-state index contributed by atoms with van der Waals surface area (Å²) in [7, 11) is 2.00. The highest BCUT2D eigenvalue weighted by molar-refractivity contribution is 7.99. The summed E-state index contributed by atoms with van der Waals surface area (Å²) in [6, 6.07) is 17.0. The van der Waals surface area contributed by atoms with Crippen molar-refractivity contribution in [3.63, 3.8) is 0 Å². The van der Waals surface area contributed by atoms with Crippen LogP contribution in [0.3, 0.4) is 0 Å². The highest BCUT2D eigenvalue weighted by Crippen LogP contribution is 2.35. The first-order chi connectivity index (χ1) is 10.4. The van der Waals surface area contributed by atoms with E-state index >= 15 is 0 Å². The zero-order chi connectivity index (χ0) is 14.5. The average Bonchev–Trinajstić information content (AvgIpc) is 2.56. The van der Waals surface area contributed by atoms with E-state index in [4.69, 9.17) is 9.47 Å². The molecule has 2 aromatic rings. The summed E-state index contributed by atoms with van der Waals surface area (Å²) in [5.41, 5.74) is 1.31. The molecule has 3 nitrogen and oxygen atoms in total. The molecule has 3 rings (SSSR count). The first-order valence-electron chi connectivity index (χ1n) is 7.11. The van der Waals surface area contributed by atoms with Gasteiger partial charge in [0.05, 0.1) is 0 Å². The van der Waals surface area contributed by atoms with E-state index < -0.39 is 0 Å². The first kappa shape index (κ1) is 14.3. The molecule has 110 valence electrons. The van der Waals surface area contributed by atoms with Crippen molar-refractivity contribution < 1.29 is 9.47 Å². The Morgan fingerprint density at radius 1 is 1.05 bits per heavy atom. The lowest BCUT2D eigenvalue weighted by atomic mass is 10.1. The Kier molecular flexibility index (Phi) is 4.68. The van der Waals surface area contributed by atoms with E-state index in [1.54, 1.807) is 0 Å². The lowest BCUT2D eigenvalue weighted by Gasteiger charge is -2.20. The lowest BCUT2D eigenvalue weighted by molar-refractivity contribution is 0.171. The lowest BCUT2D eigenvalue weighted by Crippen LogP contribution is -2.18. The molecule has 0 radical (unpaired) electrons. The molecule has 0 fully saturated rings. The van der Waals surface area contributed by atoms with Crippen LogP contribution in [0.15, 0.2) is 53.4 Å². The van der Waals surface area contributed by atoms with Gasteiger partial charge in [0.1, 0.15) is 13.2 Å². The zero-order valence-corrected chi connectivity index (χ0v) is 12.9. The van der Waals surface area contributed by atoms with Crippen molar-refractivity contribution in [3.8, 4) is 11.5 Å². The quantitative estimate of drug-likeness (QED) is 0.856. The molecule has 1 heterocycles. The topological polar surface area (TPSA) is 30.5 Å². The second-order valence-electron chi connectivity index (χ2n) is 4.87. The van der Waals surface area contributed by atoms with Gasteiger partial charge in [-0.2, -0.15) is 0 Å². The Balaban J connectivity index is 1.66. The summed E-state index contributed by atoms with van der Waals surface area (Å²) >= 11 is 1.82. The van der Waals surface area contributed by atoms with Crippen molar-refractivity contribution in [1.82, 2.24) is 5.32 Å². The predicted molar refractivity (Wildman–Crippen MR) is 86.4 cm³/mol. The maximum absolute atomic E-state index is 5.63. The summed E-state index contributed by atoms with van der Waals surface area (Å²) in [6.07, 6.45) is 0. The van der Waals surface area contributed by atoms with Crippen molar-refractivity contribution in [2.24, 2.45) is 0 Å². The maximum atomic E-state index is 5.63. The van der Waals surface area contributed by atoms with Gasteiger partial charge in [-0.25, -0.2) is 0 Å². The van der Waals surface area contributed by atoms with Gasteiger partial charge in [-0.3, -0.25) is 0 Å². The molecule has 2 aromatic carbocycles. The SMILES string of the molecule is CNC(CSc1ccc2c(c1)OCCO2)c1ccccc1. The molecular formula is C17H19NO2S. The van der Waals surface area contributed by atoms with Gasteiger partial charge >= 0.3 is 0 Å². The van der Waals surface area contributed by atoms with E-state index in [0.29, 0.717) is 19.3 Å². The normalized spacial score (nSPS) is 14.7. The van der Waals surface area contributed by atoms with Gasteiger partial charge in [-0.05, 0) is 30.8 Å². The third-order valence-corrected chi connectivity index (χ3v) is 4.57. The van der Waals surface area contributed by atoms with E-state index in [-0.39, 0.29) is 0 Å². The molecule has 0 bridgehead atoms. The number of nitrogens with one attached hydrogen (secondary N) is 1. The second-order valence-corrected chi connectivity index (χ2v) is 5.96. The van der Waals surface area contributed by atoms with Crippen LogP contribution in [0.5, 0.6) is 11.5 Å². The van der Waals surface area contributed by atoms with E-state index in [2.05, 4.69) is 41.7 Å². The third-order valence-electron chi connectivity index (χ3n) is 3.48. The highest BCUT2D eigenvalue weighted by Gasteiger charge is 2.13. The van der Waals surface area contributed by atoms with Crippen molar-refractivity contribution >= 4 is 11.8 Å². The van der Waals surface area contributed by atoms with Gasteiger partial charge in [0.2, 0.25) is 0 Å². The number of thioether (sulfide) groups is 1. The van der Waals surface area contributed by atoms with Crippen LogP contribution in [0.25, 0.3) is 0 Å². The second kappa shape index (κ2) is 6.87. The molecule has 1 unspecified atom stereocenters. The number of hydrogen-bond donors (Lipinski definition) is 1. The predicted octanol–water partition coefficient (Wildman–Crippen LogP) is 3.51. The van der Waals surface area contributed by atoms with E-state index in [1.807, 2.05) is 30.9 Å². The molecular weight excluding hydrogens is 282 g/mol. The van der Waals surface area contributed by atoms with Crippen LogP contribution in [0.1, 0.15) is 11.6 Å². The Bertz CT molecular complexity index is 589. The number of benzene rings is 2. The van der Waals surface area contributed by atoms with Gasteiger partial charge in [-0.1, -0.05) is 30.3 Å². The van der Waals surface area contributed by atoms with Crippen LogP contribution in [0.4, 0.5) is 0 Å². The van der Waals surface area contributed by atoms with Crippen molar-refractivity contribution in [1.29, 1.82) is 0 Å². The molecule has 0 aromatic heterocycles. The van der Waals surface area contributed by atoms with Gasteiger partial charge in [-0.15, -0.1) is 11.8 Å². The minimum atomic E-state index is 0.337. The summed E-state index contributed by atoms with van der Waals surface area (Å²) in [5, 5.41) is 3.37. The van der Waals surface area contributed by atoms with E-state index in [9.17, 15) is 0 Å². The molecule has 0 saturated heterocycles. The average molecular weight is 301 g/mol. The summed E-state index contributed by atoms with van der Waals surface area (Å²) in [4.78, 5) is 1.20. The van der Waals surface area contributed by atoms with Crippen LogP contribution >= 0.6 is 11.8 Å². The molecule has 1 aliphatic heterocycles. The number of hydrogen-bond acceptors (Lipinski definition) is 4. The standard InChI is InChI=1S/C17H19NO2S/c1-18-15(13-5-3-2-4-6-13)12-21-14-7-8-16-17(11-14)20-10-9-19-16/h2-8,11,15,18H,9-10,12H2,1H3. The van der Waals surface area contributed by atoms with Crippen molar-refractivity contribution in [2.45, 2.75) is 10.9 Å². The Morgan fingerprint density at radius 3 is 2.57 bits per heavy atom. The minimum absolute atomic E-state index is 0.337. The molecule has 1 aliphatic rings. The zero-order valence-electron chi connectivity index (χ0n) is 12.0. The fourth-order valence-electron chi connectivity index (χ4n) is 2.32. The molecule has 4 heteroatoms. The van der Waals surface area contributed by atoms with Gasteiger partial charge < -0.3 is 14.8 Å². The molecule has 1 atom stereocenters. The molecule has 0 aliphatic carbocycles. The largest absolute Gasteiger partial charge is 0.486 e. The van der Waals surface area contributed by atoms with Crippen LogP contribution in [-0.4, -0.2) is 26.0 Å². The van der Waals surface area contributed by atoms with Crippen molar-refractivity contribution in [3.05, 3.63) is 54.1 Å². The maximum Gasteiger partial charge on any atom is 0.162 e. The molecule has 0 spiro atoms. The number of ether oxygens (including phenoxy) is 2. The Morgan fingerprint density at radius 2 is 1.81 bits per heavy atom. The van der Waals surface area contributed by atoms with Crippen LogP contribution in [0, 0.1) is 0 Å². The van der Waals surface area contributed by atoms with Gasteiger partial charge in [0.15, 0.2) is 11.5 Å². The monoisotopic (exact) mass is 301 g/mol. The molecule has 0 amide bonds. The summed E-state index contributed by atoms with van der Waals surface area (Å²) in [5.74, 6) is 2.67. The van der Waals surface area contributed by atoms with E-state index in [0.717, 1.165) is 17.3 Å². The first-order valence-corrected chi connectivity index (χ1v) is 8.10. The summed E-state index contributed by atoms with van der Waals surface area (Å²) in [6.45, 7) is 1.26. The van der Waals surface area contributed by atoms with Crippen LogP contribution in [-0.2, 0) is 0 Å². The van der Waals surface area contributed by atoms with E-state index in [1.165, 1.54) is 10.5 Å². The Hall–Kier alpha value is -1.65. The highest BCUT2D eigenvalue weighted by atomic mass is 32.2. The van der Waals surface area contributed by atoms with Crippen LogP contribution < -0.4 is 14.8 Å². The minimum Gasteiger partial charge on any atom is -0.486 e.